The Morgan fingerprint density at radius 1 is 1.35 bits per heavy atom. The van der Waals surface area contributed by atoms with Crippen molar-refractivity contribution in [1.82, 2.24) is 0 Å². The predicted octanol–water partition coefficient (Wildman–Crippen LogP) is 2.95. The second kappa shape index (κ2) is 7.50. The zero-order valence-corrected chi connectivity index (χ0v) is 12.4. The van der Waals surface area contributed by atoms with E-state index in [0.717, 1.165) is 29.8 Å². The van der Waals surface area contributed by atoms with E-state index < -0.39 is 0 Å². The van der Waals surface area contributed by atoms with Gasteiger partial charge in [-0.2, -0.15) is 0 Å². The second-order valence-electron chi connectivity index (χ2n) is 5.28. The third-order valence-corrected chi connectivity index (χ3v) is 3.86. The van der Waals surface area contributed by atoms with Gasteiger partial charge in [0, 0.05) is 24.4 Å². The molecule has 0 bridgehead atoms. The van der Waals surface area contributed by atoms with E-state index in [9.17, 15) is 5.11 Å². The van der Waals surface area contributed by atoms with Gasteiger partial charge in [-0.3, -0.25) is 0 Å². The van der Waals surface area contributed by atoms with Crippen molar-refractivity contribution in [2.24, 2.45) is 0 Å². The Kier molecular flexibility index (Phi) is 5.68. The van der Waals surface area contributed by atoms with Gasteiger partial charge < -0.3 is 19.9 Å². The van der Waals surface area contributed by atoms with Crippen LogP contribution >= 0.6 is 0 Å². The van der Waals surface area contributed by atoms with Gasteiger partial charge >= 0.3 is 0 Å². The first-order valence-electron chi connectivity index (χ1n) is 7.42. The van der Waals surface area contributed by atoms with Crippen LogP contribution in [0.4, 0.5) is 5.69 Å². The van der Waals surface area contributed by atoms with Gasteiger partial charge in [0.05, 0.1) is 19.3 Å². The molecule has 4 nitrogen and oxygen atoms in total. The van der Waals surface area contributed by atoms with Crippen LogP contribution in [0.1, 0.15) is 38.2 Å². The Morgan fingerprint density at radius 2 is 2.20 bits per heavy atom. The standard InChI is InChI=1S/C16H25NO3/c1-3-20-16-8-7-14(9-12(16)11-18)17-13-5-4-6-15(10-13)19-2/h7-9,13,15,17-18H,3-6,10-11H2,1-2H3. The largest absolute Gasteiger partial charge is 0.494 e. The molecule has 1 fully saturated rings. The van der Waals surface area contributed by atoms with Gasteiger partial charge in [-0.05, 0) is 50.8 Å². The Labute approximate surface area is 121 Å². The van der Waals surface area contributed by atoms with Crippen molar-refractivity contribution < 1.29 is 14.6 Å². The molecule has 0 spiro atoms. The summed E-state index contributed by atoms with van der Waals surface area (Å²) in [6.45, 7) is 2.55. The number of aliphatic hydroxyl groups is 1. The normalized spacial score (nSPS) is 22.6. The number of ether oxygens (including phenoxy) is 2. The zero-order chi connectivity index (χ0) is 14.4. The van der Waals surface area contributed by atoms with Crippen LogP contribution in [0.3, 0.4) is 0 Å². The fourth-order valence-corrected chi connectivity index (χ4v) is 2.81. The van der Waals surface area contributed by atoms with Crippen LogP contribution in [-0.2, 0) is 11.3 Å². The molecule has 112 valence electrons. The monoisotopic (exact) mass is 279 g/mol. The molecule has 1 aliphatic carbocycles. The first kappa shape index (κ1) is 15.1. The highest BCUT2D eigenvalue weighted by atomic mass is 16.5. The Balaban J connectivity index is 2.02. The maximum Gasteiger partial charge on any atom is 0.124 e. The quantitative estimate of drug-likeness (QED) is 0.840. The molecule has 1 aromatic carbocycles. The molecule has 0 radical (unpaired) electrons. The molecule has 2 rings (SSSR count). The van der Waals surface area contributed by atoms with E-state index in [-0.39, 0.29) is 6.61 Å². The molecule has 0 heterocycles. The predicted molar refractivity (Wildman–Crippen MR) is 80.2 cm³/mol. The summed E-state index contributed by atoms with van der Waals surface area (Å²) in [6.07, 6.45) is 4.92. The molecule has 0 amide bonds. The van der Waals surface area contributed by atoms with Gasteiger partial charge in [0.15, 0.2) is 0 Å². The minimum atomic E-state index is -0.00375. The summed E-state index contributed by atoms with van der Waals surface area (Å²) in [5.41, 5.74) is 1.87. The van der Waals surface area contributed by atoms with Crippen LogP contribution in [0.25, 0.3) is 0 Å². The van der Waals surface area contributed by atoms with Crippen molar-refractivity contribution in [2.45, 2.75) is 51.4 Å². The second-order valence-corrected chi connectivity index (χ2v) is 5.28. The summed E-state index contributed by atoms with van der Waals surface area (Å²) >= 11 is 0. The SMILES string of the molecule is CCOc1ccc(NC2CCCC(OC)C2)cc1CO. The molecule has 20 heavy (non-hydrogen) atoms. The third kappa shape index (κ3) is 3.87. The lowest BCUT2D eigenvalue weighted by molar-refractivity contribution is 0.0669. The summed E-state index contributed by atoms with van der Waals surface area (Å²) in [5.74, 6) is 0.763. The highest BCUT2D eigenvalue weighted by Crippen LogP contribution is 2.27. The van der Waals surface area contributed by atoms with E-state index in [0.29, 0.717) is 18.8 Å². The van der Waals surface area contributed by atoms with Gasteiger partial charge in [0.25, 0.3) is 0 Å². The van der Waals surface area contributed by atoms with Crippen LogP contribution in [0.2, 0.25) is 0 Å². The Bertz CT molecular complexity index is 422. The molecule has 1 saturated carbocycles. The molecule has 1 aliphatic rings. The van der Waals surface area contributed by atoms with Crippen LogP contribution in [0.5, 0.6) is 5.75 Å². The third-order valence-electron chi connectivity index (χ3n) is 3.86. The van der Waals surface area contributed by atoms with Crippen molar-refractivity contribution in [3.8, 4) is 5.75 Å². The highest BCUT2D eigenvalue weighted by molar-refractivity contribution is 5.51. The average molecular weight is 279 g/mol. The van der Waals surface area contributed by atoms with E-state index >= 15 is 0 Å². The summed E-state index contributed by atoms with van der Waals surface area (Å²) in [7, 11) is 1.79. The van der Waals surface area contributed by atoms with E-state index in [1.165, 1.54) is 12.8 Å². The van der Waals surface area contributed by atoms with Gasteiger partial charge in [-0.1, -0.05) is 0 Å². The number of nitrogens with one attached hydrogen (secondary N) is 1. The summed E-state index contributed by atoms with van der Waals surface area (Å²) in [4.78, 5) is 0. The summed E-state index contributed by atoms with van der Waals surface area (Å²) in [5, 5.41) is 13.0. The molecule has 0 aliphatic heterocycles. The summed E-state index contributed by atoms with van der Waals surface area (Å²) in [6, 6.07) is 6.36. The number of methoxy groups -OCH3 is 1. The van der Waals surface area contributed by atoms with Crippen molar-refractivity contribution in [1.29, 1.82) is 0 Å². The Hall–Kier alpha value is -1.26. The van der Waals surface area contributed by atoms with Gasteiger partial charge in [0.2, 0.25) is 0 Å². The molecule has 0 saturated heterocycles. The van der Waals surface area contributed by atoms with Crippen molar-refractivity contribution in [2.75, 3.05) is 19.0 Å². The zero-order valence-electron chi connectivity index (χ0n) is 12.4. The maximum atomic E-state index is 9.43. The lowest BCUT2D eigenvalue weighted by atomic mass is 9.92. The van der Waals surface area contributed by atoms with Gasteiger partial charge in [-0.25, -0.2) is 0 Å². The molecule has 0 aromatic heterocycles. The van der Waals surface area contributed by atoms with Crippen molar-refractivity contribution in [3.05, 3.63) is 23.8 Å². The van der Waals surface area contributed by atoms with E-state index in [2.05, 4.69) is 5.32 Å². The minimum absolute atomic E-state index is 0.00375. The van der Waals surface area contributed by atoms with Crippen LogP contribution in [-0.4, -0.2) is 31.0 Å². The lowest BCUT2D eigenvalue weighted by Crippen LogP contribution is -2.31. The number of hydrogen-bond acceptors (Lipinski definition) is 4. The van der Waals surface area contributed by atoms with Crippen LogP contribution < -0.4 is 10.1 Å². The van der Waals surface area contributed by atoms with Crippen LogP contribution in [0.15, 0.2) is 18.2 Å². The number of benzene rings is 1. The number of aliphatic hydroxyl groups excluding tert-OH is 1. The van der Waals surface area contributed by atoms with E-state index in [1.807, 2.05) is 25.1 Å². The maximum absolute atomic E-state index is 9.43. The van der Waals surface area contributed by atoms with Crippen molar-refractivity contribution >= 4 is 5.69 Å². The fraction of sp³-hybridized carbons (Fsp3) is 0.625. The van der Waals surface area contributed by atoms with E-state index in [4.69, 9.17) is 9.47 Å². The Morgan fingerprint density at radius 3 is 2.90 bits per heavy atom. The fourth-order valence-electron chi connectivity index (χ4n) is 2.81. The molecule has 4 heteroatoms. The molecular weight excluding hydrogens is 254 g/mol. The summed E-state index contributed by atoms with van der Waals surface area (Å²) < 4.78 is 11.0. The highest BCUT2D eigenvalue weighted by Gasteiger charge is 2.21. The molecule has 2 N–H and O–H groups in total. The number of rotatable bonds is 6. The number of anilines is 1. The minimum Gasteiger partial charge on any atom is -0.494 e. The van der Waals surface area contributed by atoms with Crippen LogP contribution in [0, 0.1) is 0 Å². The number of hydrogen-bond donors (Lipinski definition) is 2. The van der Waals surface area contributed by atoms with Gasteiger partial charge in [0.1, 0.15) is 5.75 Å². The first-order chi connectivity index (χ1) is 9.76. The molecule has 2 atom stereocenters. The molecular formula is C16H25NO3. The average Bonchev–Trinajstić information content (AvgIpc) is 2.49. The van der Waals surface area contributed by atoms with Crippen molar-refractivity contribution in [3.63, 3.8) is 0 Å². The van der Waals surface area contributed by atoms with E-state index in [1.54, 1.807) is 7.11 Å². The lowest BCUT2D eigenvalue weighted by Gasteiger charge is -2.29. The molecule has 1 aromatic rings. The first-order valence-corrected chi connectivity index (χ1v) is 7.42. The topological polar surface area (TPSA) is 50.7 Å². The smallest absolute Gasteiger partial charge is 0.124 e. The molecule has 2 unspecified atom stereocenters. The van der Waals surface area contributed by atoms with Gasteiger partial charge in [-0.15, -0.1) is 0 Å².